The molecule has 0 atom stereocenters. The Morgan fingerprint density at radius 3 is 2.63 bits per heavy atom. The maximum Gasteiger partial charge on any atom is 0.251 e. The smallest absolute Gasteiger partial charge is 0.251 e. The van der Waals surface area contributed by atoms with Crippen LogP contribution in [0.15, 0.2) is 36.4 Å². The molecule has 7 nitrogen and oxygen atoms in total. The number of hydrogen-bond donors (Lipinski definition) is 1. The highest BCUT2D eigenvalue weighted by Gasteiger charge is 2.28. The molecule has 1 N–H and O–H groups in total. The zero-order valence-corrected chi connectivity index (χ0v) is 18.6. The summed E-state index contributed by atoms with van der Waals surface area (Å²) in [6.07, 6.45) is 1.94. The van der Waals surface area contributed by atoms with Crippen molar-refractivity contribution in [3.8, 4) is 11.5 Å². The molecule has 0 unspecified atom stereocenters. The highest BCUT2D eigenvalue weighted by Crippen LogP contribution is 2.31. The van der Waals surface area contributed by atoms with E-state index in [1.54, 1.807) is 26.4 Å². The van der Waals surface area contributed by atoms with Crippen LogP contribution in [-0.2, 0) is 16.4 Å². The van der Waals surface area contributed by atoms with Gasteiger partial charge in [0.25, 0.3) is 5.91 Å². The zero-order valence-electron chi connectivity index (χ0n) is 17.0. The number of halogens is 1. The van der Waals surface area contributed by atoms with Gasteiger partial charge in [-0.15, -0.1) is 0 Å². The summed E-state index contributed by atoms with van der Waals surface area (Å²) in [6.45, 7) is 0.741. The normalized spacial score (nSPS) is 15.5. The number of carbonyl (C=O) groups excluding carboxylic acids is 1. The Hall–Kier alpha value is -2.45. The Bertz CT molecular complexity index is 1030. The Morgan fingerprint density at radius 1 is 1.13 bits per heavy atom. The molecule has 3 rings (SSSR count). The minimum Gasteiger partial charge on any atom is -0.497 e. The third-order valence-electron chi connectivity index (χ3n) is 4.99. The molecule has 0 spiro atoms. The average molecular weight is 453 g/mol. The number of nitrogens with zero attached hydrogens (tertiary/aromatic N) is 1. The quantitative estimate of drug-likeness (QED) is 0.697. The van der Waals surface area contributed by atoms with Gasteiger partial charge >= 0.3 is 0 Å². The summed E-state index contributed by atoms with van der Waals surface area (Å²) in [7, 11) is -0.235. The SMILES string of the molecule is COc1ccc(OC)c(CCNC(=O)c2ccc(Cl)c(N3CCCCS3(=O)=O)c2)c1. The number of rotatable bonds is 7. The maximum atomic E-state index is 12.6. The lowest BCUT2D eigenvalue weighted by atomic mass is 10.1. The van der Waals surface area contributed by atoms with Crippen molar-refractivity contribution in [1.82, 2.24) is 5.32 Å². The van der Waals surface area contributed by atoms with Gasteiger partial charge in [0, 0.05) is 18.7 Å². The third kappa shape index (κ3) is 4.99. The second-order valence-corrected chi connectivity index (χ2v) is 9.37. The van der Waals surface area contributed by atoms with Gasteiger partial charge in [-0.25, -0.2) is 8.42 Å². The zero-order chi connectivity index (χ0) is 21.7. The predicted molar refractivity (Wildman–Crippen MR) is 117 cm³/mol. The fourth-order valence-corrected chi connectivity index (χ4v) is 5.31. The fourth-order valence-electron chi connectivity index (χ4n) is 3.39. The Morgan fingerprint density at radius 2 is 1.93 bits per heavy atom. The molecule has 1 aliphatic rings. The van der Waals surface area contributed by atoms with E-state index in [4.69, 9.17) is 21.1 Å². The largest absolute Gasteiger partial charge is 0.497 e. The van der Waals surface area contributed by atoms with E-state index in [1.807, 2.05) is 18.2 Å². The van der Waals surface area contributed by atoms with Crippen molar-refractivity contribution < 1.29 is 22.7 Å². The molecule has 0 saturated carbocycles. The van der Waals surface area contributed by atoms with Crippen molar-refractivity contribution in [3.63, 3.8) is 0 Å². The van der Waals surface area contributed by atoms with Crippen LogP contribution in [0.1, 0.15) is 28.8 Å². The van der Waals surface area contributed by atoms with Crippen LogP contribution < -0.4 is 19.1 Å². The van der Waals surface area contributed by atoms with Crippen molar-refractivity contribution in [2.75, 3.05) is 37.4 Å². The molecule has 1 heterocycles. The molecule has 0 bridgehead atoms. The lowest BCUT2D eigenvalue weighted by Gasteiger charge is -2.29. The molecule has 0 aliphatic carbocycles. The number of anilines is 1. The van der Waals surface area contributed by atoms with Crippen molar-refractivity contribution >= 4 is 33.2 Å². The van der Waals surface area contributed by atoms with E-state index in [1.165, 1.54) is 10.4 Å². The monoisotopic (exact) mass is 452 g/mol. The maximum absolute atomic E-state index is 12.6. The van der Waals surface area contributed by atoms with E-state index in [-0.39, 0.29) is 11.7 Å². The molecule has 2 aromatic carbocycles. The van der Waals surface area contributed by atoms with Crippen molar-refractivity contribution in [3.05, 3.63) is 52.5 Å². The molecule has 1 fully saturated rings. The number of amides is 1. The van der Waals surface area contributed by atoms with Gasteiger partial charge in [-0.1, -0.05) is 11.6 Å². The van der Waals surface area contributed by atoms with Gasteiger partial charge in [0.05, 0.1) is 30.7 Å². The van der Waals surface area contributed by atoms with Gasteiger partial charge in [-0.05, 0) is 61.2 Å². The van der Waals surface area contributed by atoms with Gasteiger partial charge < -0.3 is 14.8 Å². The van der Waals surface area contributed by atoms with E-state index in [0.29, 0.717) is 53.7 Å². The van der Waals surface area contributed by atoms with E-state index in [0.717, 1.165) is 12.0 Å². The first kappa shape index (κ1) is 22.2. The van der Waals surface area contributed by atoms with Crippen molar-refractivity contribution in [2.45, 2.75) is 19.3 Å². The standard InChI is InChI=1S/C21H25ClN2O5S/c1-28-17-6-8-20(29-2)15(13-17)9-10-23-21(25)16-5-7-18(22)19(14-16)24-11-3-4-12-30(24,26)27/h5-8,13-14H,3-4,9-12H2,1-2H3,(H,23,25). The van der Waals surface area contributed by atoms with E-state index in [9.17, 15) is 13.2 Å². The molecule has 30 heavy (non-hydrogen) atoms. The topological polar surface area (TPSA) is 84.9 Å². The Labute approximate surface area is 182 Å². The van der Waals surface area contributed by atoms with Crippen LogP contribution in [0.2, 0.25) is 5.02 Å². The summed E-state index contributed by atoms with van der Waals surface area (Å²) in [5.74, 6) is 1.21. The molecule has 1 amide bonds. The molecule has 9 heteroatoms. The van der Waals surface area contributed by atoms with Crippen LogP contribution in [0.25, 0.3) is 0 Å². The first-order chi connectivity index (χ1) is 14.4. The van der Waals surface area contributed by atoms with E-state index >= 15 is 0 Å². The fraction of sp³-hybridized carbons (Fsp3) is 0.381. The minimum absolute atomic E-state index is 0.0854. The highest BCUT2D eigenvalue weighted by atomic mass is 35.5. The number of sulfonamides is 1. The number of ether oxygens (including phenoxy) is 2. The number of benzene rings is 2. The highest BCUT2D eigenvalue weighted by molar-refractivity contribution is 7.92. The van der Waals surface area contributed by atoms with E-state index in [2.05, 4.69) is 5.32 Å². The second-order valence-electron chi connectivity index (χ2n) is 6.95. The predicted octanol–water partition coefficient (Wildman–Crippen LogP) is 3.26. The average Bonchev–Trinajstić information content (AvgIpc) is 2.74. The molecular formula is C21H25ClN2O5S. The number of nitrogens with one attached hydrogen (secondary N) is 1. The molecule has 2 aromatic rings. The van der Waals surface area contributed by atoms with Crippen molar-refractivity contribution in [1.29, 1.82) is 0 Å². The van der Waals surface area contributed by atoms with Crippen LogP contribution in [0.5, 0.6) is 11.5 Å². The third-order valence-corrected chi connectivity index (χ3v) is 7.17. The summed E-state index contributed by atoms with van der Waals surface area (Å²) in [5.41, 5.74) is 1.61. The lowest BCUT2D eigenvalue weighted by Crippen LogP contribution is -2.38. The van der Waals surface area contributed by atoms with Gasteiger partial charge in [0.2, 0.25) is 10.0 Å². The van der Waals surface area contributed by atoms with Crippen LogP contribution in [-0.4, -0.2) is 47.4 Å². The molecule has 1 saturated heterocycles. The van der Waals surface area contributed by atoms with E-state index < -0.39 is 10.0 Å². The minimum atomic E-state index is -3.42. The second kappa shape index (κ2) is 9.57. The summed E-state index contributed by atoms with van der Waals surface area (Å²) in [5, 5.41) is 3.16. The van der Waals surface area contributed by atoms with Gasteiger partial charge in [0.15, 0.2) is 0 Å². The van der Waals surface area contributed by atoms with Crippen molar-refractivity contribution in [2.24, 2.45) is 0 Å². The molecule has 1 aliphatic heterocycles. The lowest BCUT2D eigenvalue weighted by molar-refractivity contribution is 0.0954. The number of carbonyl (C=O) groups is 1. The van der Waals surface area contributed by atoms with Crippen LogP contribution in [0.4, 0.5) is 5.69 Å². The van der Waals surface area contributed by atoms with Gasteiger partial charge in [-0.2, -0.15) is 0 Å². The first-order valence-corrected chi connectivity index (χ1v) is 11.6. The Kier molecular flexibility index (Phi) is 7.10. The van der Waals surface area contributed by atoms with Gasteiger partial charge in [0.1, 0.15) is 11.5 Å². The first-order valence-electron chi connectivity index (χ1n) is 9.65. The summed E-state index contributed by atoms with van der Waals surface area (Å²) >= 11 is 6.24. The Balaban J connectivity index is 1.71. The summed E-state index contributed by atoms with van der Waals surface area (Å²) in [4.78, 5) is 12.6. The molecular weight excluding hydrogens is 428 g/mol. The molecule has 0 aromatic heterocycles. The summed E-state index contributed by atoms with van der Waals surface area (Å²) < 4.78 is 36.7. The van der Waals surface area contributed by atoms with Gasteiger partial charge in [-0.3, -0.25) is 9.10 Å². The summed E-state index contributed by atoms with van der Waals surface area (Å²) in [6, 6.07) is 10.2. The van der Waals surface area contributed by atoms with Crippen LogP contribution in [0.3, 0.4) is 0 Å². The molecule has 162 valence electrons. The van der Waals surface area contributed by atoms with Crippen LogP contribution in [0, 0.1) is 0 Å². The van der Waals surface area contributed by atoms with Crippen LogP contribution >= 0.6 is 11.6 Å². The molecule has 0 radical (unpaired) electrons. The number of hydrogen-bond acceptors (Lipinski definition) is 5. The number of methoxy groups -OCH3 is 2.